The summed E-state index contributed by atoms with van der Waals surface area (Å²) in [6, 6.07) is 23.9. The maximum absolute atomic E-state index is 13.2. The van der Waals surface area contributed by atoms with Crippen molar-refractivity contribution in [2.24, 2.45) is 0 Å². The Morgan fingerprint density at radius 3 is 1.73 bits per heavy atom. The van der Waals surface area contributed by atoms with Gasteiger partial charge in [0.15, 0.2) is 0 Å². The fraction of sp³-hybridized carbons (Fsp3) is 0.270. The Labute approximate surface area is 322 Å². The molecule has 3 heterocycles. The van der Waals surface area contributed by atoms with Crippen molar-refractivity contribution in [2.75, 3.05) is 0 Å². The normalized spacial score (nSPS) is 16.2. The van der Waals surface area contributed by atoms with Crippen LogP contribution in [0.4, 0.5) is 39.5 Å². The van der Waals surface area contributed by atoms with Crippen molar-refractivity contribution in [1.29, 1.82) is 0 Å². The molecule has 0 N–H and O–H groups in total. The number of fused-ring (bicyclic) bond motifs is 1. The van der Waals surface area contributed by atoms with Crippen LogP contribution in [0.3, 0.4) is 0 Å². The summed E-state index contributed by atoms with van der Waals surface area (Å²) >= 11 is 0. The minimum Gasteiger partial charge on any atom is -1.00 e. The van der Waals surface area contributed by atoms with Gasteiger partial charge in [-0.25, -0.2) is 0 Å². The number of hydrogen-bond acceptors (Lipinski definition) is 0. The molecule has 14 heteroatoms. The van der Waals surface area contributed by atoms with Gasteiger partial charge in [-0.05, 0) is 48.7 Å². The van der Waals surface area contributed by atoms with Crippen LogP contribution in [0.5, 0.6) is 0 Å². The smallest absolute Gasteiger partial charge is 1.00 e. The Balaban J connectivity index is 0.000000278. The van der Waals surface area contributed by atoms with Gasteiger partial charge in [0.25, 0.3) is 5.41 Å². The van der Waals surface area contributed by atoms with E-state index >= 15 is 0 Å². The van der Waals surface area contributed by atoms with Gasteiger partial charge in [-0.1, -0.05) is 84.9 Å². The fourth-order valence-electron chi connectivity index (χ4n) is 7.94. The minimum absolute atomic E-state index is 0. The zero-order valence-corrected chi connectivity index (χ0v) is 32.8. The number of para-hydroxylation sites is 1. The first-order valence-electron chi connectivity index (χ1n) is 15.2. The Morgan fingerprint density at radius 2 is 1.22 bits per heavy atom. The van der Waals surface area contributed by atoms with Crippen molar-refractivity contribution in [3.63, 3.8) is 0 Å². The number of rotatable bonds is 3. The largest absolute Gasteiger partial charge is 3.00 e. The van der Waals surface area contributed by atoms with E-state index in [1.165, 1.54) is 11.4 Å². The van der Waals surface area contributed by atoms with E-state index in [0.717, 1.165) is 28.6 Å². The van der Waals surface area contributed by atoms with E-state index in [2.05, 4.69) is 67.9 Å². The Kier molecular flexibility index (Phi) is 12.0. The molecule has 1 aliphatic carbocycles. The first-order chi connectivity index (χ1) is 22.2. The van der Waals surface area contributed by atoms with Crippen molar-refractivity contribution in [2.45, 2.75) is 63.4 Å². The zero-order chi connectivity index (χ0) is 35.2. The molecule has 3 aliphatic rings. The molecule has 2 aliphatic heterocycles. The fourth-order valence-corrected chi connectivity index (χ4v) is 12.2. The van der Waals surface area contributed by atoms with Crippen LogP contribution in [0.15, 0.2) is 96.6 Å². The van der Waals surface area contributed by atoms with Gasteiger partial charge in [0.05, 0.1) is 8.07 Å². The van der Waals surface area contributed by atoms with Gasteiger partial charge in [0, 0.05) is 22.6 Å². The van der Waals surface area contributed by atoms with Crippen LogP contribution in [0.1, 0.15) is 40.5 Å². The SMILES string of the molecule is CC1=C2c3cc(C)n(-c4ccccc4)c3C1[Si]2(C)C.Cc1cc2c(-c3ccc(C(C(F)(F)F)(C(F)(F)F)C(F)(F)F)cc3)cccc2[cH-]1.[Cl-].[Cl-].[Zr+3]. The number of hydrogen-bond donors (Lipinski definition) is 0. The van der Waals surface area contributed by atoms with Gasteiger partial charge in [0.1, 0.15) is 0 Å². The van der Waals surface area contributed by atoms with Gasteiger partial charge in [0.2, 0.25) is 0 Å². The quantitative estimate of drug-likeness (QED) is 0.121. The molecule has 1 atom stereocenters. The van der Waals surface area contributed by atoms with E-state index in [-0.39, 0.29) is 68.7 Å². The molecule has 0 spiro atoms. The minimum atomic E-state index is -6.63. The van der Waals surface area contributed by atoms with Crippen molar-refractivity contribution in [3.8, 4) is 16.8 Å². The molecule has 0 saturated carbocycles. The molecule has 1 unspecified atom stereocenters. The molecular weight excluding hydrogens is 820 g/mol. The van der Waals surface area contributed by atoms with Crippen LogP contribution < -0.4 is 24.8 Å². The number of aromatic nitrogens is 1. The van der Waals surface area contributed by atoms with Crippen molar-refractivity contribution < 1.29 is 90.5 Å². The second-order valence-corrected chi connectivity index (χ2v) is 17.7. The van der Waals surface area contributed by atoms with Gasteiger partial charge >= 0.3 is 44.7 Å². The Bertz CT molecular complexity index is 2020. The summed E-state index contributed by atoms with van der Waals surface area (Å²) in [6.07, 6.45) is -19.9. The molecule has 269 valence electrons. The summed E-state index contributed by atoms with van der Waals surface area (Å²) in [6.45, 7) is 11.4. The van der Waals surface area contributed by atoms with Crippen molar-refractivity contribution in [3.05, 3.63) is 125 Å². The van der Waals surface area contributed by atoms with Crippen LogP contribution >= 0.6 is 0 Å². The van der Waals surface area contributed by atoms with E-state index < -0.39 is 37.6 Å². The summed E-state index contributed by atoms with van der Waals surface area (Å²) in [5, 5.41) is 3.20. The summed E-state index contributed by atoms with van der Waals surface area (Å²) in [4.78, 5) is 0. The number of benzene rings is 3. The molecule has 0 fully saturated rings. The third-order valence-corrected chi connectivity index (χ3v) is 13.9. The number of nitrogens with zero attached hydrogens (tertiary/aromatic N) is 1. The summed E-state index contributed by atoms with van der Waals surface area (Å²) in [5.74, 6) is 0. The van der Waals surface area contributed by atoms with Gasteiger partial charge in [-0.3, -0.25) is 0 Å². The molecule has 4 aromatic carbocycles. The second-order valence-electron chi connectivity index (χ2n) is 13.1. The molecule has 1 nitrogen and oxygen atoms in total. The third-order valence-electron chi connectivity index (χ3n) is 9.77. The Hall–Kier alpha value is -2.66. The predicted octanol–water partition coefficient (Wildman–Crippen LogP) is 5.92. The van der Waals surface area contributed by atoms with Crippen LogP contribution in [-0.2, 0) is 31.6 Å². The molecule has 1 radical (unpaired) electrons. The van der Waals surface area contributed by atoms with Crippen LogP contribution in [0, 0.1) is 13.8 Å². The summed E-state index contributed by atoms with van der Waals surface area (Å²) in [7, 11) is -1.19. The Morgan fingerprint density at radius 1 is 0.667 bits per heavy atom. The van der Waals surface area contributed by atoms with E-state index in [0.29, 0.717) is 10.9 Å². The average Bonchev–Trinajstić information content (AvgIpc) is 3.65. The van der Waals surface area contributed by atoms with Gasteiger partial charge in [-0.2, -0.15) is 45.6 Å². The summed E-state index contributed by atoms with van der Waals surface area (Å²) < 4.78 is 122. The van der Waals surface area contributed by atoms with E-state index in [4.69, 9.17) is 0 Å². The first-order valence-corrected chi connectivity index (χ1v) is 18.3. The maximum Gasteiger partial charge on any atom is 3.00 e. The first kappa shape index (κ1) is 42.8. The maximum atomic E-state index is 13.2. The van der Waals surface area contributed by atoms with Gasteiger partial charge in [-0.15, -0.1) is 34.5 Å². The molecule has 0 saturated heterocycles. The molecule has 1 aromatic heterocycles. The number of allylic oxidation sites excluding steroid dienone is 1. The van der Waals surface area contributed by atoms with E-state index in [1.807, 2.05) is 6.07 Å². The number of halogens is 11. The number of alkyl halides is 9. The van der Waals surface area contributed by atoms with Crippen molar-refractivity contribution >= 4 is 24.0 Å². The third kappa shape index (κ3) is 6.50. The molecule has 51 heavy (non-hydrogen) atoms. The molecule has 2 bridgehead atoms. The molecule has 8 rings (SSSR count). The predicted molar refractivity (Wildman–Crippen MR) is 173 cm³/mol. The topological polar surface area (TPSA) is 4.93 Å². The van der Waals surface area contributed by atoms with Crippen molar-refractivity contribution in [1.82, 2.24) is 4.57 Å². The molecular formula is C37H31Cl2F9NSiZr. The van der Waals surface area contributed by atoms with Crippen LogP contribution in [-0.4, -0.2) is 31.2 Å². The van der Waals surface area contributed by atoms with Gasteiger partial charge < -0.3 is 29.4 Å². The van der Waals surface area contributed by atoms with Crippen LogP contribution in [0.2, 0.25) is 13.1 Å². The van der Waals surface area contributed by atoms with E-state index in [9.17, 15) is 39.5 Å². The summed E-state index contributed by atoms with van der Waals surface area (Å²) in [5.41, 5.74) is 1.86. The van der Waals surface area contributed by atoms with E-state index in [1.54, 1.807) is 53.2 Å². The standard InChI is InChI=1S/C20H12F9.C17H19NSi.2ClH.Zr/c1-11-9-13-3-2-4-15(16(13)10-11)12-5-7-14(8-6-12)17(18(21,22)23,19(24,25)26)20(27,28)29;1-11-10-14-15(17-12(2)16(14)19(17,3)4)18(11)13-8-6-5-7-9-13;;;/h2-10H,1H3;5-10,17H,1-4H3;2*1H;/q-1;;;;+3/p-2. The monoisotopic (exact) mass is 848 g/mol. The second kappa shape index (κ2) is 14.3. The average molecular weight is 851 g/mol. The number of aryl methyl sites for hydroxylation is 2. The molecule has 5 aromatic rings. The molecule has 0 amide bonds. The van der Waals surface area contributed by atoms with Crippen LogP contribution in [0.25, 0.3) is 32.8 Å². The zero-order valence-electron chi connectivity index (χ0n) is 27.8.